The Balaban J connectivity index is 1.70. The Morgan fingerprint density at radius 1 is 0.808 bits per heavy atom. The highest BCUT2D eigenvalue weighted by Crippen LogP contribution is 2.39. The van der Waals surface area contributed by atoms with Crippen LogP contribution in [-0.4, -0.2) is 23.5 Å². The Bertz CT molecular complexity index is 641. The van der Waals surface area contributed by atoms with Gasteiger partial charge in [-0.25, -0.2) is 0 Å². The monoisotopic (exact) mass is 349 g/mol. The van der Waals surface area contributed by atoms with E-state index < -0.39 is 0 Å². The van der Waals surface area contributed by atoms with Crippen LogP contribution >= 0.6 is 0 Å². The number of rotatable bonds is 8. The summed E-state index contributed by atoms with van der Waals surface area (Å²) in [4.78, 5) is 2.63. The summed E-state index contributed by atoms with van der Waals surface area (Å²) in [6.45, 7) is 10.5. The normalized spacial score (nSPS) is 15.8. The summed E-state index contributed by atoms with van der Waals surface area (Å²) in [5, 5.41) is 0. The standard InChI is InChI=1S/C25H35N/c1-19(2)26(20(3)4)16-10-15-25(21-11-6-5-7-12-21)24-17-22-13-8-9-14-23(22)18-24/h5-9,11-14,19-20,24-25H,10,15-18H2,1-4H3. The molecular formula is C25H35N. The molecule has 0 heterocycles. The highest BCUT2D eigenvalue weighted by molar-refractivity contribution is 5.34. The number of benzene rings is 2. The first-order chi connectivity index (χ1) is 12.6. The van der Waals surface area contributed by atoms with Gasteiger partial charge in [-0.05, 0) is 88.4 Å². The van der Waals surface area contributed by atoms with E-state index in [1.807, 2.05) is 0 Å². The van der Waals surface area contributed by atoms with E-state index in [0.29, 0.717) is 18.0 Å². The third kappa shape index (κ3) is 4.57. The van der Waals surface area contributed by atoms with Gasteiger partial charge < -0.3 is 0 Å². The molecule has 0 amide bonds. The van der Waals surface area contributed by atoms with Gasteiger partial charge in [0.15, 0.2) is 0 Å². The first-order valence-electron chi connectivity index (χ1n) is 10.4. The summed E-state index contributed by atoms with van der Waals surface area (Å²) in [5.74, 6) is 1.42. The van der Waals surface area contributed by atoms with Crippen LogP contribution in [0, 0.1) is 5.92 Å². The molecule has 1 atom stereocenters. The van der Waals surface area contributed by atoms with Crippen LogP contribution in [0.3, 0.4) is 0 Å². The lowest BCUT2D eigenvalue weighted by Crippen LogP contribution is -2.37. The molecule has 2 aromatic rings. The van der Waals surface area contributed by atoms with E-state index in [1.165, 1.54) is 37.8 Å². The van der Waals surface area contributed by atoms with E-state index in [1.54, 1.807) is 11.1 Å². The molecule has 140 valence electrons. The average molecular weight is 350 g/mol. The lowest BCUT2D eigenvalue weighted by molar-refractivity contribution is 0.168. The highest BCUT2D eigenvalue weighted by atomic mass is 15.2. The van der Waals surface area contributed by atoms with Crippen molar-refractivity contribution in [1.29, 1.82) is 0 Å². The predicted octanol–water partition coefficient (Wildman–Crippen LogP) is 6.08. The van der Waals surface area contributed by atoms with Crippen LogP contribution in [0.25, 0.3) is 0 Å². The number of fused-ring (bicyclic) bond motifs is 1. The van der Waals surface area contributed by atoms with Crippen molar-refractivity contribution >= 4 is 0 Å². The van der Waals surface area contributed by atoms with E-state index in [0.717, 1.165) is 5.92 Å². The first-order valence-corrected chi connectivity index (χ1v) is 10.4. The van der Waals surface area contributed by atoms with Crippen LogP contribution in [0.4, 0.5) is 0 Å². The second kappa shape index (κ2) is 8.86. The van der Waals surface area contributed by atoms with Crippen LogP contribution in [0.1, 0.15) is 63.1 Å². The molecular weight excluding hydrogens is 314 g/mol. The molecule has 1 unspecified atom stereocenters. The zero-order chi connectivity index (χ0) is 18.5. The van der Waals surface area contributed by atoms with Gasteiger partial charge in [-0.15, -0.1) is 0 Å². The minimum absolute atomic E-state index is 0.626. The third-order valence-corrected chi connectivity index (χ3v) is 6.14. The van der Waals surface area contributed by atoms with Gasteiger partial charge >= 0.3 is 0 Å². The molecule has 0 aliphatic heterocycles. The summed E-state index contributed by atoms with van der Waals surface area (Å²) in [6.07, 6.45) is 5.06. The van der Waals surface area contributed by atoms with E-state index in [4.69, 9.17) is 0 Å². The van der Waals surface area contributed by atoms with Gasteiger partial charge in [0.25, 0.3) is 0 Å². The van der Waals surface area contributed by atoms with Crippen molar-refractivity contribution in [3.05, 3.63) is 71.3 Å². The SMILES string of the molecule is CC(C)N(CCCC(c1ccccc1)C1Cc2ccccc2C1)C(C)C. The van der Waals surface area contributed by atoms with Crippen molar-refractivity contribution in [1.82, 2.24) is 4.90 Å². The van der Waals surface area contributed by atoms with Gasteiger partial charge in [0.1, 0.15) is 0 Å². The summed E-state index contributed by atoms with van der Waals surface area (Å²) in [6, 6.07) is 21.5. The van der Waals surface area contributed by atoms with Crippen molar-refractivity contribution < 1.29 is 0 Å². The van der Waals surface area contributed by atoms with Crippen LogP contribution in [0.5, 0.6) is 0 Å². The minimum Gasteiger partial charge on any atom is -0.299 e. The van der Waals surface area contributed by atoms with E-state index >= 15 is 0 Å². The van der Waals surface area contributed by atoms with E-state index in [9.17, 15) is 0 Å². The molecule has 0 saturated carbocycles. The van der Waals surface area contributed by atoms with Gasteiger partial charge in [-0.1, -0.05) is 54.6 Å². The maximum Gasteiger partial charge on any atom is 0.00412 e. The molecule has 0 saturated heterocycles. The summed E-state index contributed by atoms with van der Waals surface area (Å²) in [7, 11) is 0. The van der Waals surface area contributed by atoms with Crippen molar-refractivity contribution in [2.75, 3.05) is 6.54 Å². The van der Waals surface area contributed by atoms with Gasteiger partial charge in [-0.2, -0.15) is 0 Å². The van der Waals surface area contributed by atoms with Crippen molar-refractivity contribution in [2.24, 2.45) is 5.92 Å². The van der Waals surface area contributed by atoms with Gasteiger partial charge in [-0.3, -0.25) is 4.90 Å². The fraction of sp³-hybridized carbons (Fsp3) is 0.520. The van der Waals surface area contributed by atoms with Gasteiger partial charge in [0.2, 0.25) is 0 Å². The van der Waals surface area contributed by atoms with Gasteiger partial charge in [0, 0.05) is 12.1 Å². The fourth-order valence-electron chi connectivity index (χ4n) is 4.86. The molecule has 1 aliphatic rings. The second-order valence-electron chi connectivity index (χ2n) is 8.52. The molecule has 2 aromatic carbocycles. The largest absolute Gasteiger partial charge is 0.299 e. The molecule has 0 fully saturated rings. The molecule has 0 spiro atoms. The topological polar surface area (TPSA) is 3.24 Å². The average Bonchev–Trinajstić information content (AvgIpc) is 3.05. The zero-order valence-electron chi connectivity index (χ0n) is 17.0. The highest BCUT2D eigenvalue weighted by Gasteiger charge is 2.29. The number of hydrogen-bond acceptors (Lipinski definition) is 1. The smallest absolute Gasteiger partial charge is 0.00412 e. The molecule has 3 rings (SSSR count). The Morgan fingerprint density at radius 2 is 1.35 bits per heavy atom. The summed E-state index contributed by atoms with van der Waals surface area (Å²) < 4.78 is 0. The third-order valence-electron chi connectivity index (χ3n) is 6.14. The molecule has 0 radical (unpaired) electrons. The zero-order valence-corrected chi connectivity index (χ0v) is 17.0. The van der Waals surface area contributed by atoms with Crippen molar-refractivity contribution in [3.63, 3.8) is 0 Å². The van der Waals surface area contributed by atoms with Crippen molar-refractivity contribution in [2.45, 2.75) is 71.4 Å². The minimum atomic E-state index is 0.626. The lowest BCUT2D eigenvalue weighted by atomic mass is 9.81. The fourth-order valence-corrected chi connectivity index (χ4v) is 4.86. The number of nitrogens with zero attached hydrogens (tertiary/aromatic N) is 1. The van der Waals surface area contributed by atoms with Gasteiger partial charge in [0.05, 0.1) is 0 Å². The molecule has 1 nitrogen and oxygen atoms in total. The number of hydrogen-bond donors (Lipinski definition) is 0. The molecule has 1 heteroatoms. The molecule has 1 aliphatic carbocycles. The summed E-state index contributed by atoms with van der Waals surface area (Å²) >= 11 is 0. The molecule has 0 aromatic heterocycles. The van der Waals surface area contributed by atoms with Crippen LogP contribution < -0.4 is 0 Å². The van der Waals surface area contributed by atoms with Crippen molar-refractivity contribution in [3.8, 4) is 0 Å². The predicted molar refractivity (Wildman–Crippen MR) is 113 cm³/mol. The molecule has 0 bridgehead atoms. The van der Waals surface area contributed by atoms with Crippen LogP contribution in [0.15, 0.2) is 54.6 Å². The van der Waals surface area contributed by atoms with Crippen LogP contribution in [-0.2, 0) is 12.8 Å². The summed E-state index contributed by atoms with van der Waals surface area (Å²) in [5.41, 5.74) is 4.68. The first kappa shape index (κ1) is 19.2. The molecule has 0 N–H and O–H groups in total. The maximum atomic E-state index is 2.63. The Morgan fingerprint density at radius 3 is 1.88 bits per heavy atom. The van der Waals surface area contributed by atoms with Crippen LogP contribution in [0.2, 0.25) is 0 Å². The van der Waals surface area contributed by atoms with E-state index in [2.05, 4.69) is 87.2 Å². The Kier molecular flexibility index (Phi) is 6.53. The lowest BCUT2D eigenvalue weighted by Gasteiger charge is -2.32. The van der Waals surface area contributed by atoms with E-state index in [-0.39, 0.29) is 0 Å². The second-order valence-corrected chi connectivity index (χ2v) is 8.52. The maximum absolute atomic E-state index is 2.63. The Labute approximate surface area is 160 Å². The Hall–Kier alpha value is -1.60. The molecule has 26 heavy (non-hydrogen) atoms. The quantitative estimate of drug-likeness (QED) is 0.558.